The normalized spacial score (nSPS) is 8.38. The zero-order valence-corrected chi connectivity index (χ0v) is 7.32. The van der Waals surface area contributed by atoms with Crippen molar-refractivity contribution in [2.45, 2.75) is 6.92 Å². The molecule has 0 bridgehead atoms. The van der Waals surface area contributed by atoms with Crippen LogP contribution in [0.3, 0.4) is 0 Å². The molecule has 1 amide bonds. The summed E-state index contributed by atoms with van der Waals surface area (Å²) in [6.07, 6.45) is 0. The van der Waals surface area contributed by atoms with Crippen LogP contribution in [0.1, 0.15) is 6.92 Å². The molecule has 0 aromatic heterocycles. The van der Waals surface area contributed by atoms with Crippen molar-refractivity contribution in [3.05, 3.63) is 9.40 Å². The Bertz CT molecular complexity index is 111. The molecule has 8 heavy (non-hydrogen) atoms. The van der Waals surface area contributed by atoms with E-state index in [0.29, 0.717) is 9.37 Å². The van der Waals surface area contributed by atoms with Crippen molar-refractivity contribution in [2.75, 3.05) is 6.54 Å². The zero-order chi connectivity index (χ0) is 6.57. The maximum atomic E-state index is 10.6. The van der Waals surface area contributed by atoms with Gasteiger partial charge in [-0.3, -0.25) is 0 Å². The van der Waals surface area contributed by atoms with Crippen LogP contribution in [-0.4, -0.2) is 40.4 Å². The van der Waals surface area contributed by atoms with E-state index in [1.807, 2.05) is 6.92 Å². The molecule has 0 aliphatic heterocycles. The van der Waals surface area contributed by atoms with E-state index in [-0.39, 0.29) is 5.91 Å². The van der Waals surface area contributed by atoms with Crippen molar-refractivity contribution < 1.29 is 4.79 Å². The quantitative estimate of drug-likeness (QED) is 0.398. The third-order valence-electron chi connectivity index (χ3n) is 0.725. The second-order valence-corrected chi connectivity index (χ2v) is 2.85. The van der Waals surface area contributed by atoms with E-state index in [1.165, 1.54) is 0 Å². The van der Waals surface area contributed by atoms with Crippen LogP contribution in [0, 0.1) is 0 Å². The van der Waals surface area contributed by atoms with Gasteiger partial charge in [0.05, 0.1) is 0 Å². The average molecular weight is 121 g/mol. The molecule has 0 saturated carbocycles. The second-order valence-electron chi connectivity index (χ2n) is 1.64. The van der Waals surface area contributed by atoms with E-state index in [4.69, 9.17) is 0 Å². The number of carbonyl (C=O) groups excluding carboxylic acids is 1. The minimum absolute atomic E-state index is 0.000772. The van der Waals surface area contributed by atoms with Gasteiger partial charge >= 0.3 is 66.8 Å². The first-order valence-corrected chi connectivity index (χ1v) is 3.62. The molecule has 0 aromatic rings. The Labute approximate surface area is 66.8 Å². The molecule has 3 heteroatoms. The van der Waals surface area contributed by atoms with Gasteiger partial charge in [-0.05, 0) is 0 Å². The Balaban J connectivity index is 3.49. The van der Waals surface area contributed by atoms with Gasteiger partial charge < -0.3 is 0 Å². The fourth-order valence-corrected chi connectivity index (χ4v) is 0.488. The number of rotatable bonds is 2. The van der Waals surface area contributed by atoms with Gasteiger partial charge in [0.2, 0.25) is 0 Å². The van der Waals surface area contributed by atoms with Crippen molar-refractivity contribution in [1.29, 1.82) is 0 Å². The first-order chi connectivity index (χ1) is 3.68. The molecular weight excluding hydrogens is 113 g/mol. The molecule has 0 atom stereocenters. The fourth-order valence-electron chi connectivity index (χ4n) is 0.311. The standard InChI is InChI=1S/C5H8NO.Na/c1-3-5(7)6-4-2;/h1,4H2,2H3,(H,6,7);. The van der Waals surface area contributed by atoms with Gasteiger partial charge in [-0.2, -0.15) is 0 Å². The topological polar surface area (TPSA) is 29.1 Å². The summed E-state index contributed by atoms with van der Waals surface area (Å²) in [6, 6.07) is 0. The predicted molar refractivity (Wildman–Crippen MR) is 33.6 cm³/mol. The Morgan fingerprint density at radius 1 is 1.88 bits per heavy atom. The first-order valence-electron chi connectivity index (χ1n) is 2.62. The molecule has 0 aliphatic carbocycles. The molecule has 1 N–H and O–H groups in total. The van der Waals surface area contributed by atoms with Gasteiger partial charge in [0.1, 0.15) is 0 Å². The molecule has 0 aliphatic rings. The number of hydrogen-bond acceptors (Lipinski definition) is 1. The molecule has 0 saturated heterocycles. The molecular formula is C5H8NNaO. The summed E-state index contributed by atoms with van der Waals surface area (Å²) in [5.41, 5.74) is 0. The van der Waals surface area contributed by atoms with Crippen LogP contribution in [-0.2, 0) is 4.79 Å². The summed E-state index contributed by atoms with van der Waals surface area (Å²) in [4.78, 5) is 10.6. The van der Waals surface area contributed by atoms with E-state index in [9.17, 15) is 4.79 Å². The van der Waals surface area contributed by atoms with Crippen molar-refractivity contribution in [3.63, 3.8) is 0 Å². The molecule has 0 fully saturated rings. The van der Waals surface area contributed by atoms with Crippen LogP contribution in [0.15, 0.2) is 9.40 Å². The van der Waals surface area contributed by atoms with Gasteiger partial charge in [-0.15, -0.1) is 0 Å². The summed E-state index contributed by atoms with van der Waals surface area (Å²) in [5.74, 6) is -0.000772. The van der Waals surface area contributed by atoms with E-state index in [0.717, 1.165) is 27.9 Å². The van der Waals surface area contributed by atoms with Crippen molar-refractivity contribution in [3.8, 4) is 0 Å². The van der Waals surface area contributed by atoms with Crippen LogP contribution in [0.4, 0.5) is 0 Å². The molecule has 0 heterocycles. The predicted octanol–water partition coefficient (Wildman–Crippen LogP) is -0.195. The molecule has 0 rings (SSSR count). The molecule has 0 radical (unpaired) electrons. The van der Waals surface area contributed by atoms with Gasteiger partial charge in [0.15, 0.2) is 0 Å². The molecule has 0 unspecified atom stereocenters. The van der Waals surface area contributed by atoms with E-state index < -0.39 is 0 Å². The summed E-state index contributed by atoms with van der Waals surface area (Å²) >= 11 is 0.761. The van der Waals surface area contributed by atoms with Crippen molar-refractivity contribution in [2.24, 2.45) is 0 Å². The molecule has 40 valence electrons. The number of nitrogens with one attached hydrogen (secondary N) is 1. The maximum absolute atomic E-state index is 10.6. The van der Waals surface area contributed by atoms with Gasteiger partial charge in [-0.1, -0.05) is 0 Å². The Hall–Kier alpha value is 0.210. The Morgan fingerprint density at radius 3 is 2.50 bits per heavy atom. The number of amides is 1. The Morgan fingerprint density at radius 2 is 2.38 bits per heavy atom. The van der Waals surface area contributed by atoms with E-state index in [1.54, 1.807) is 0 Å². The summed E-state index contributed by atoms with van der Waals surface area (Å²) in [6.45, 7) is 6.11. The monoisotopic (exact) mass is 121 g/mol. The zero-order valence-electron chi connectivity index (χ0n) is 5.32. The van der Waals surface area contributed by atoms with Crippen LogP contribution in [0.2, 0.25) is 0 Å². The van der Waals surface area contributed by atoms with Gasteiger partial charge in [0, 0.05) is 0 Å². The number of hydrogen-bond donors (Lipinski definition) is 1. The number of likely N-dealkylation sites (N-methyl/N-ethyl adjacent to an activating group) is 1. The van der Waals surface area contributed by atoms with Crippen molar-refractivity contribution in [1.82, 2.24) is 5.32 Å². The first kappa shape index (κ1) is 8.21. The van der Waals surface area contributed by atoms with Crippen LogP contribution in [0.5, 0.6) is 0 Å². The van der Waals surface area contributed by atoms with Crippen LogP contribution < -0.4 is 5.32 Å². The van der Waals surface area contributed by atoms with Crippen LogP contribution >= 0.6 is 0 Å². The summed E-state index contributed by atoms with van der Waals surface area (Å²) in [5, 5.41) is 2.64. The minimum atomic E-state index is -0.000772. The van der Waals surface area contributed by atoms with Gasteiger partial charge in [0.25, 0.3) is 0 Å². The van der Waals surface area contributed by atoms with Crippen molar-refractivity contribution >= 4 is 33.8 Å². The van der Waals surface area contributed by atoms with E-state index in [2.05, 4.69) is 11.9 Å². The summed E-state index contributed by atoms with van der Waals surface area (Å²) < 4.78 is 0.701. The third kappa shape index (κ3) is 3.24. The van der Waals surface area contributed by atoms with Gasteiger partial charge in [-0.25, -0.2) is 0 Å². The SMILES string of the molecule is C=[C]([Na])C(=O)NCC. The second kappa shape index (κ2) is 4.13. The molecule has 0 aromatic carbocycles. The number of carbonyl (C=O) groups is 1. The Kier molecular flexibility index (Phi) is 4.23. The third-order valence-corrected chi connectivity index (χ3v) is 1.18. The average Bonchev–Trinajstić information content (AvgIpc) is 1.67. The molecule has 2 nitrogen and oxygen atoms in total. The van der Waals surface area contributed by atoms with E-state index >= 15 is 0 Å². The fraction of sp³-hybridized carbons (Fsp3) is 0.400. The molecule has 0 spiro atoms. The summed E-state index contributed by atoms with van der Waals surface area (Å²) in [7, 11) is 0. The van der Waals surface area contributed by atoms with Crippen LogP contribution in [0.25, 0.3) is 0 Å².